The molecule has 1 amide bonds. The smallest absolute Gasteiger partial charge is 0.251 e. The van der Waals surface area contributed by atoms with Gasteiger partial charge in [-0.1, -0.05) is 28.6 Å². The fourth-order valence-electron chi connectivity index (χ4n) is 1.99. The Kier molecular flexibility index (Phi) is 5.69. The van der Waals surface area contributed by atoms with Crippen LogP contribution >= 0.6 is 28.3 Å². The zero-order chi connectivity index (χ0) is 12.3. The first-order valence-electron chi connectivity index (χ1n) is 5.65. The van der Waals surface area contributed by atoms with E-state index in [1.165, 1.54) is 0 Å². The first-order chi connectivity index (χ1) is 8.18. The molecule has 0 spiro atoms. The number of carbonyl (C=O) groups excluding carboxylic acids is 1. The molecule has 18 heavy (non-hydrogen) atoms. The largest absolute Gasteiger partial charge is 0.385 e. The first kappa shape index (κ1) is 15.1. The molecule has 1 heterocycles. The Labute approximate surface area is 122 Å². The third-order valence-electron chi connectivity index (χ3n) is 2.78. The maximum atomic E-state index is 12.0. The van der Waals surface area contributed by atoms with Gasteiger partial charge in [0.05, 0.1) is 0 Å². The molecule has 1 aromatic rings. The Balaban J connectivity index is 0.00000162. The molecule has 2 N–H and O–H groups in total. The lowest BCUT2D eigenvalue weighted by Crippen LogP contribution is -2.26. The molecule has 0 aromatic heterocycles. The zero-order valence-electron chi connectivity index (χ0n) is 9.96. The predicted octanol–water partition coefficient (Wildman–Crippen LogP) is 3.10. The lowest BCUT2D eigenvalue weighted by atomic mass is 9.97. The third kappa shape index (κ3) is 3.50. The summed E-state index contributed by atoms with van der Waals surface area (Å²) in [4.78, 5) is 12.0. The summed E-state index contributed by atoms with van der Waals surface area (Å²) in [6.07, 6.45) is 2.03. The van der Waals surface area contributed by atoms with E-state index < -0.39 is 0 Å². The van der Waals surface area contributed by atoms with Crippen LogP contribution in [0.1, 0.15) is 22.3 Å². The highest BCUT2D eigenvalue weighted by Crippen LogP contribution is 2.25. The van der Waals surface area contributed by atoms with Crippen LogP contribution in [0.5, 0.6) is 0 Å². The van der Waals surface area contributed by atoms with Crippen LogP contribution < -0.4 is 10.6 Å². The second-order valence-corrected chi connectivity index (χ2v) is 5.18. The van der Waals surface area contributed by atoms with E-state index in [9.17, 15) is 4.79 Å². The van der Waals surface area contributed by atoms with Crippen molar-refractivity contribution in [3.63, 3.8) is 0 Å². The summed E-state index contributed by atoms with van der Waals surface area (Å²) >= 11 is 3.23. The Morgan fingerprint density at radius 3 is 3.00 bits per heavy atom. The molecule has 1 aromatic carbocycles. The van der Waals surface area contributed by atoms with Crippen molar-refractivity contribution < 1.29 is 4.79 Å². The predicted molar refractivity (Wildman–Crippen MR) is 80.9 cm³/mol. The van der Waals surface area contributed by atoms with E-state index in [1.54, 1.807) is 0 Å². The number of fused-ring (bicyclic) bond motifs is 1. The topological polar surface area (TPSA) is 41.1 Å². The minimum absolute atomic E-state index is 0. The molecule has 1 aliphatic rings. The van der Waals surface area contributed by atoms with Crippen molar-refractivity contribution in [2.24, 2.45) is 0 Å². The van der Waals surface area contributed by atoms with Crippen LogP contribution in [0.4, 0.5) is 5.69 Å². The van der Waals surface area contributed by atoms with Gasteiger partial charge in [-0.25, -0.2) is 0 Å². The van der Waals surface area contributed by atoms with Crippen LogP contribution in [0.3, 0.4) is 0 Å². The molecule has 0 bridgehead atoms. The van der Waals surface area contributed by atoms with Crippen LogP contribution in [0.15, 0.2) is 29.3 Å². The van der Waals surface area contributed by atoms with Crippen LogP contribution in [0, 0.1) is 0 Å². The summed E-state index contributed by atoms with van der Waals surface area (Å²) in [7, 11) is 0. The SMILES string of the molecule is C=C(Br)CNC(=O)c1cccc2c1CCCN2.Cl. The fourth-order valence-corrected chi connectivity index (χ4v) is 2.13. The normalized spacial score (nSPS) is 12.7. The van der Waals surface area contributed by atoms with Crippen molar-refractivity contribution >= 4 is 39.9 Å². The van der Waals surface area contributed by atoms with Crippen LogP contribution in [-0.4, -0.2) is 19.0 Å². The summed E-state index contributed by atoms with van der Waals surface area (Å²) in [5, 5.41) is 6.15. The summed E-state index contributed by atoms with van der Waals surface area (Å²) in [6.45, 7) is 5.13. The minimum Gasteiger partial charge on any atom is -0.385 e. The van der Waals surface area contributed by atoms with Gasteiger partial charge in [0, 0.05) is 28.8 Å². The number of hydrogen-bond acceptors (Lipinski definition) is 2. The van der Waals surface area contributed by atoms with Gasteiger partial charge in [0.2, 0.25) is 0 Å². The first-order valence-corrected chi connectivity index (χ1v) is 6.45. The van der Waals surface area contributed by atoms with Gasteiger partial charge in [-0.05, 0) is 30.5 Å². The van der Waals surface area contributed by atoms with Crippen LogP contribution in [0.2, 0.25) is 0 Å². The number of carbonyl (C=O) groups is 1. The summed E-state index contributed by atoms with van der Waals surface area (Å²) in [6, 6.07) is 5.81. The second-order valence-electron chi connectivity index (χ2n) is 4.06. The van der Waals surface area contributed by atoms with E-state index in [1.807, 2.05) is 18.2 Å². The molecule has 5 heteroatoms. The summed E-state index contributed by atoms with van der Waals surface area (Å²) < 4.78 is 0.772. The summed E-state index contributed by atoms with van der Waals surface area (Å²) in [5.41, 5.74) is 2.97. The molecule has 0 atom stereocenters. The van der Waals surface area contributed by atoms with Gasteiger partial charge >= 0.3 is 0 Å². The maximum Gasteiger partial charge on any atom is 0.251 e. The second kappa shape index (κ2) is 6.81. The van der Waals surface area contributed by atoms with Crippen molar-refractivity contribution in [3.05, 3.63) is 40.4 Å². The molecular weight excluding hydrogens is 316 g/mol. The maximum absolute atomic E-state index is 12.0. The molecule has 3 nitrogen and oxygen atoms in total. The lowest BCUT2D eigenvalue weighted by Gasteiger charge is -2.20. The number of anilines is 1. The van der Waals surface area contributed by atoms with Crippen LogP contribution in [-0.2, 0) is 6.42 Å². The van der Waals surface area contributed by atoms with Gasteiger partial charge in [0.1, 0.15) is 0 Å². The standard InChI is InChI=1S/C13H15BrN2O.ClH/c1-9(14)8-16-13(17)11-4-2-6-12-10(11)5-3-7-15-12;/h2,4,6,15H,1,3,5,7-8H2,(H,16,17);1H. The number of benzene rings is 1. The molecule has 0 radical (unpaired) electrons. The highest BCUT2D eigenvalue weighted by molar-refractivity contribution is 9.11. The quantitative estimate of drug-likeness (QED) is 0.893. The highest BCUT2D eigenvalue weighted by Gasteiger charge is 2.16. The molecule has 2 rings (SSSR count). The van der Waals surface area contributed by atoms with Gasteiger partial charge < -0.3 is 10.6 Å². The van der Waals surface area contributed by atoms with E-state index in [-0.39, 0.29) is 18.3 Å². The van der Waals surface area contributed by atoms with E-state index in [0.29, 0.717) is 6.54 Å². The molecule has 0 aliphatic carbocycles. The minimum atomic E-state index is -0.0360. The van der Waals surface area contributed by atoms with Crippen molar-refractivity contribution in [1.29, 1.82) is 0 Å². The Hall–Kier alpha value is -1.00. The Morgan fingerprint density at radius 1 is 1.50 bits per heavy atom. The Bertz CT molecular complexity index is 462. The van der Waals surface area contributed by atoms with E-state index >= 15 is 0 Å². The fraction of sp³-hybridized carbons (Fsp3) is 0.308. The highest BCUT2D eigenvalue weighted by atomic mass is 79.9. The van der Waals surface area contributed by atoms with E-state index in [4.69, 9.17) is 0 Å². The molecule has 0 saturated carbocycles. The third-order valence-corrected chi connectivity index (χ3v) is 3.06. The van der Waals surface area contributed by atoms with Gasteiger partial charge in [-0.2, -0.15) is 0 Å². The Morgan fingerprint density at radius 2 is 2.28 bits per heavy atom. The van der Waals surface area contributed by atoms with Crippen LogP contribution in [0.25, 0.3) is 0 Å². The molecule has 98 valence electrons. The number of halogens is 2. The molecule has 1 aliphatic heterocycles. The van der Waals surface area contributed by atoms with Gasteiger partial charge in [0.15, 0.2) is 0 Å². The zero-order valence-corrected chi connectivity index (χ0v) is 12.4. The van der Waals surface area contributed by atoms with Gasteiger partial charge in [0.25, 0.3) is 5.91 Å². The van der Waals surface area contributed by atoms with E-state index in [0.717, 1.165) is 40.7 Å². The number of amides is 1. The lowest BCUT2D eigenvalue weighted by molar-refractivity contribution is 0.0957. The van der Waals surface area contributed by atoms with Crippen molar-refractivity contribution in [1.82, 2.24) is 5.32 Å². The monoisotopic (exact) mass is 330 g/mol. The molecule has 0 saturated heterocycles. The average Bonchev–Trinajstić information content (AvgIpc) is 2.35. The number of hydrogen-bond donors (Lipinski definition) is 2. The molecular formula is C13H16BrClN2O. The van der Waals surface area contributed by atoms with Gasteiger partial charge in [-0.15, -0.1) is 12.4 Å². The van der Waals surface area contributed by atoms with Crippen molar-refractivity contribution in [3.8, 4) is 0 Å². The van der Waals surface area contributed by atoms with E-state index in [2.05, 4.69) is 33.1 Å². The number of nitrogens with one attached hydrogen (secondary N) is 2. The molecule has 0 unspecified atom stereocenters. The average molecular weight is 332 g/mol. The summed E-state index contributed by atoms with van der Waals surface area (Å²) in [5.74, 6) is -0.0360. The number of rotatable bonds is 3. The van der Waals surface area contributed by atoms with Gasteiger partial charge in [-0.3, -0.25) is 4.79 Å². The molecule has 0 fully saturated rings. The van der Waals surface area contributed by atoms with Crippen molar-refractivity contribution in [2.45, 2.75) is 12.8 Å². The van der Waals surface area contributed by atoms with Crippen molar-refractivity contribution in [2.75, 3.05) is 18.4 Å².